The lowest BCUT2D eigenvalue weighted by Gasteiger charge is -2.28. The molecule has 0 radical (unpaired) electrons. The first-order valence-electron chi connectivity index (χ1n) is 5.39. The van der Waals surface area contributed by atoms with Gasteiger partial charge in [-0.3, -0.25) is 0 Å². The highest BCUT2D eigenvalue weighted by atomic mass is 35.5. The third kappa shape index (κ3) is 2.74. The third-order valence-electron chi connectivity index (χ3n) is 2.97. The van der Waals surface area contributed by atoms with E-state index in [0.717, 1.165) is 12.3 Å². The highest BCUT2D eigenvalue weighted by molar-refractivity contribution is 6.28. The lowest BCUT2D eigenvalue weighted by molar-refractivity contribution is 0.232. The Labute approximate surface area is 94.4 Å². The molecule has 1 unspecified atom stereocenters. The van der Waals surface area contributed by atoms with E-state index in [4.69, 9.17) is 16.0 Å². The zero-order valence-corrected chi connectivity index (χ0v) is 9.33. The van der Waals surface area contributed by atoms with Crippen LogP contribution in [-0.4, -0.2) is 24.3 Å². The van der Waals surface area contributed by atoms with Gasteiger partial charge in [0.1, 0.15) is 5.76 Å². The fourth-order valence-electron chi connectivity index (χ4n) is 1.72. The molecule has 2 rings (SSSR count). The molecule has 0 amide bonds. The molecule has 1 heterocycles. The number of hydrogen-bond acceptors (Lipinski definition) is 3. The summed E-state index contributed by atoms with van der Waals surface area (Å²) >= 11 is 5.69. The fraction of sp³-hybridized carbons (Fsp3) is 0.636. The summed E-state index contributed by atoms with van der Waals surface area (Å²) < 4.78 is 5.29. The average Bonchev–Trinajstić information content (AvgIpc) is 2.56. The van der Waals surface area contributed by atoms with Gasteiger partial charge in [-0.2, -0.15) is 0 Å². The largest absolute Gasteiger partial charge is 0.449 e. The average molecular weight is 230 g/mol. The Bertz CT molecular complexity index is 309. The summed E-state index contributed by atoms with van der Waals surface area (Å²) in [5.74, 6) is 0.771. The van der Waals surface area contributed by atoms with Crippen LogP contribution in [0.15, 0.2) is 16.5 Å². The summed E-state index contributed by atoms with van der Waals surface area (Å²) in [5.41, 5.74) is 0. The lowest BCUT2D eigenvalue weighted by Crippen LogP contribution is -2.38. The van der Waals surface area contributed by atoms with E-state index in [1.807, 2.05) is 6.07 Å². The van der Waals surface area contributed by atoms with E-state index >= 15 is 0 Å². The van der Waals surface area contributed by atoms with Crippen molar-refractivity contribution in [2.24, 2.45) is 0 Å². The summed E-state index contributed by atoms with van der Waals surface area (Å²) in [4.78, 5) is 0. The molecule has 84 valence electrons. The van der Waals surface area contributed by atoms with Gasteiger partial charge < -0.3 is 14.8 Å². The maximum atomic E-state index is 9.25. The van der Waals surface area contributed by atoms with Gasteiger partial charge in [0.15, 0.2) is 5.22 Å². The minimum Gasteiger partial charge on any atom is -0.449 e. The molecule has 1 aliphatic rings. The zero-order chi connectivity index (χ0) is 10.7. The number of furan rings is 1. The van der Waals surface area contributed by atoms with Crippen molar-refractivity contribution in [3.05, 3.63) is 23.1 Å². The van der Waals surface area contributed by atoms with E-state index in [9.17, 15) is 5.11 Å². The minimum atomic E-state index is 0.0121. The molecule has 2 N–H and O–H groups in total. The molecule has 1 atom stereocenters. The predicted octanol–water partition coefficient (Wildman–Crippen LogP) is 2.15. The van der Waals surface area contributed by atoms with Crippen molar-refractivity contribution >= 4 is 11.6 Å². The molecule has 1 aromatic rings. The van der Waals surface area contributed by atoms with Crippen LogP contribution in [0.2, 0.25) is 5.22 Å². The molecule has 1 fully saturated rings. The standard InChI is InChI=1S/C11H16ClNO2/c12-11-5-4-10(15-11)8(7-14)6-13-9-2-1-3-9/h4-5,8-9,13-14H,1-3,6-7H2. The van der Waals surface area contributed by atoms with Gasteiger partial charge in [0.25, 0.3) is 0 Å². The van der Waals surface area contributed by atoms with Crippen molar-refractivity contribution < 1.29 is 9.52 Å². The van der Waals surface area contributed by atoms with E-state index in [0.29, 0.717) is 11.3 Å². The third-order valence-corrected chi connectivity index (χ3v) is 3.18. The van der Waals surface area contributed by atoms with Crippen LogP contribution >= 0.6 is 11.6 Å². The van der Waals surface area contributed by atoms with Crippen molar-refractivity contribution in [2.45, 2.75) is 31.2 Å². The summed E-state index contributed by atoms with van der Waals surface area (Å²) in [6.45, 7) is 0.842. The van der Waals surface area contributed by atoms with Gasteiger partial charge in [0, 0.05) is 12.6 Å². The Balaban J connectivity index is 1.85. The first-order chi connectivity index (χ1) is 7.29. The van der Waals surface area contributed by atoms with Gasteiger partial charge in [-0.05, 0) is 36.6 Å². The van der Waals surface area contributed by atoms with Crippen LogP contribution in [0.5, 0.6) is 0 Å². The van der Waals surface area contributed by atoms with E-state index < -0.39 is 0 Å². The van der Waals surface area contributed by atoms with E-state index in [1.165, 1.54) is 19.3 Å². The molecule has 0 aliphatic heterocycles. The summed E-state index contributed by atoms with van der Waals surface area (Å²) in [7, 11) is 0. The van der Waals surface area contributed by atoms with Crippen molar-refractivity contribution in [2.75, 3.05) is 13.2 Å². The molecule has 0 bridgehead atoms. The number of nitrogens with one attached hydrogen (secondary N) is 1. The minimum absolute atomic E-state index is 0.0121. The lowest BCUT2D eigenvalue weighted by atomic mass is 9.92. The zero-order valence-electron chi connectivity index (χ0n) is 8.58. The first kappa shape index (κ1) is 11.0. The molecule has 3 nitrogen and oxygen atoms in total. The maximum Gasteiger partial charge on any atom is 0.193 e. The molecule has 1 aromatic heterocycles. The highest BCUT2D eigenvalue weighted by Crippen LogP contribution is 2.23. The summed E-state index contributed by atoms with van der Waals surface area (Å²) in [5, 5.41) is 13.0. The molecular weight excluding hydrogens is 214 g/mol. The highest BCUT2D eigenvalue weighted by Gasteiger charge is 2.20. The first-order valence-corrected chi connectivity index (χ1v) is 5.77. The number of aliphatic hydroxyl groups excluding tert-OH is 1. The van der Waals surface area contributed by atoms with E-state index in [1.54, 1.807) is 6.07 Å². The Morgan fingerprint density at radius 1 is 1.53 bits per heavy atom. The van der Waals surface area contributed by atoms with Gasteiger partial charge in [-0.25, -0.2) is 0 Å². The van der Waals surface area contributed by atoms with Gasteiger partial charge in [-0.1, -0.05) is 6.42 Å². The molecule has 1 aliphatic carbocycles. The maximum absolute atomic E-state index is 9.25. The van der Waals surface area contributed by atoms with Crippen LogP contribution in [0.1, 0.15) is 30.9 Å². The number of hydrogen-bond donors (Lipinski definition) is 2. The number of rotatable bonds is 5. The molecule has 0 spiro atoms. The second-order valence-corrected chi connectivity index (χ2v) is 4.43. The van der Waals surface area contributed by atoms with Gasteiger partial charge in [-0.15, -0.1) is 0 Å². The van der Waals surface area contributed by atoms with Gasteiger partial charge in [0.2, 0.25) is 0 Å². The summed E-state index contributed by atoms with van der Waals surface area (Å²) in [6.07, 6.45) is 3.81. The van der Waals surface area contributed by atoms with E-state index in [-0.39, 0.29) is 12.5 Å². The van der Waals surface area contributed by atoms with Gasteiger partial charge >= 0.3 is 0 Å². The molecule has 15 heavy (non-hydrogen) atoms. The van der Waals surface area contributed by atoms with Crippen molar-refractivity contribution in [3.8, 4) is 0 Å². The molecule has 1 saturated carbocycles. The normalized spacial score (nSPS) is 18.8. The Kier molecular flexibility index (Phi) is 3.67. The van der Waals surface area contributed by atoms with Crippen LogP contribution in [0.3, 0.4) is 0 Å². The Morgan fingerprint density at radius 2 is 2.33 bits per heavy atom. The SMILES string of the molecule is OCC(CNC1CCC1)c1ccc(Cl)o1. The van der Waals surface area contributed by atoms with Crippen LogP contribution in [-0.2, 0) is 0 Å². The number of halogens is 1. The smallest absolute Gasteiger partial charge is 0.193 e. The predicted molar refractivity (Wildman–Crippen MR) is 59.2 cm³/mol. The van der Waals surface area contributed by atoms with Crippen molar-refractivity contribution in [1.29, 1.82) is 0 Å². The van der Waals surface area contributed by atoms with Gasteiger partial charge in [0.05, 0.1) is 12.5 Å². The molecule has 4 heteroatoms. The van der Waals surface area contributed by atoms with Crippen LogP contribution in [0, 0.1) is 0 Å². The van der Waals surface area contributed by atoms with Crippen molar-refractivity contribution in [1.82, 2.24) is 5.32 Å². The monoisotopic (exact) mass is 229 g/mol. The molecule has 0 saturated heterocycles. The van der Waals surface area contributed by atoms with Crippen LogP contribution in [0.4, 0.5) is 0 Å². The van der Waals surface area contributed by atoms with Crippen LogP contribution < -0.4 is 5.32 Å². The quantitative estimate of drug-likeness (QED) is 0.813. The van der Waals surface area contributed by atoms with E-state index in [2.05, 4.69) is 5.32 Å². The fourth-order valence-corrected chi connectivity index (χ4v) is 1.88. The Hall–Kier alpha value is -0.510. The number of aliphatic hydroxyl groups is 1. The second-order valence-electron chi connectivity index (χ2n) is 4.06. The second kappa shape index (κ2) is 5.01. The Morgan fingerprint density at radius 3 is 2.80 bits per heavy atom. The molecular formula is C11H16ClNO2. The van der Waals surface area contributed by atoms with Crippen molar-refractivity contribution in [3.63, 3.8) is 0 Å². The topological polar surface area (TPSA) is 45.4 Å². The van der Waals surface area contributed by atoms with Crippen LogP contribution in [0.25, 0.3) is 0 Å². The summed E-state index contributed by atoms with van der Waals surface area (Å²) in [6, 6.07) is 4.17. The molecule has 0 aromatic carbocycles.